The Bertz CT molecular complexity index is 14.9. The average molecular weight is 650 g/mol. The SMILES string of the molecule is [Au+].[Au+].[Au+].[O-]B([O-])[O-]. The van der Waals surface area contributed by atoms with Gasteiger partial charge >= 0.3 is 67.1 Å². The zero-order chi connectivity index (χ0) is 3.58. The van der Waals surface area contributed by atoms with Crippen molar-refractivity contribution < 1.29 is 82.2 Å². The smallest absolute Gasteiger partial charge is 0.907 e. The van der Waals surface area contributed by atoms with Gasteiger partial charge in [-0.2, -0.15) is 0 Å². The molecule has 0 N–H and O–H groups in total. The minimum atomic E-state index is -2.92. The maximum absolute atomic E-state index is 8.42. The molecule has 7 heavy (non-hydrogen) atoms. The first kappa shape index (κ1) is 22.9. The number of rotatable bonds is 0. The Morgan fingerprint density at radius 2 is 0.714 bits per heavy atom. The van der Waals surface area contributed by atoms with Gasteiger partial charge in [-0.3, -0.25) is 7.32 Å². The number of hydrogen-bond acceptors (Lipinski definition) is 3. The van der Waals surface area contributed by atoms with Crippen molar-refractivity contribution in [2.75, 3.05) is 0 Å². The van der Waals surface area contributed by atoms with Gasteiger partial charge in [-0.1, -0.05) is 0 Å². The standard InChI is InChI=1S/3Au.BO3/c;;;2-1(3)4/q3*+1;-3. The van der Waals surface area contributed by atoms with E-state index in [0.717, 1.165) is 0 Å². The van der Waals surface area contributed by atoms with E-state index < -0.39 is 7.32 Å². The van der Waals surface area contributed by atoms with Gasteiger partial charge in [0.15, 0.2) is 0 Å². The fraction of sp³-hybridized carbons (Fsp3) is 0. The molecule has 0 saturated heterocycles. The Labute approximate surface area is 88.6 Å². The van der Waals surface area contributed by atoms with Crippen molar-refractivity contribution in [3.05, 3.63) is 0 Å². The Morgan fingerprint density at radius 3 is 0.714 bits per heavy atom. The van der Waals surface area contributed by atoms with Crippen LogP contribution in [-0.2, 0) is 67.1 Å². The molecule has 54 valence electrons. The van der Waals surface area contributed by atoms with Gasteiger partial charge in [0, 0.05) is 0 Å². The van der Waals surface area contributed by atoms with Gasteiger partial charge in [0.25, 0.3) is 0 Å². The minimum Gasteiger partial charge on any atom is -0.907 e. The van der Waals surface area contributed by atoms with E-state index in [1.807, 2.05) is 0 Å². The summed E-state index contributed by atoms with van der Waals surface area (Å²) in [6.07, 6.45) is 0. The van der Waals surface area contributed by atoms with E-state index in [2.05, 4.69) is 0 Å². The van der Waals surface area contributed by atoms with Crippen LogP contribution in [0.1, 0.15) is 0 Å². The Hall–Kier alpha value is 2.17. The third-order valence-electron chi connectivity index (χ3n) is 0. The molecular weight excluding hydrogens is 650 g/mol. The normalized spacial score (nSPS) is 3.86. The van der Waals surface area contributed by atoms with E-state index in [9.17, 15) is 0 Å². The van der Waals surface area contributed by atoms with Crippen LogP contribution in [0.5, 0.6) is 0 Å². The van der Waals surface area contributed by atoms with Crippen LogP contribution in [0.25, 0.3) is 0 Å². The van der Waals surface area contributed by atoms with Crippen molar-refractivity contribution in [1.29, 1.82) is 0 Å². The monoisotopic (exact) mass is 650 g/mol. The van der Waals surface area contributed by atoms with Crippen molar-refractivity contribution in [3.63, 3.8) is 0 Å². The summed E-state index contributed by atoms with van der Waals surface area (Å²) in [5.41, 5.74) is 0. The quantitative estimate of drug-likeness (QED) is 0.252. The van der Waals surface area contributed by atoms with E-state index in [1.165, 1.54) is 0 Å². The zero-order valence-electron chi connectivity index (χ0n) is 2.71. The Balaban J connectivity index is -0.0000000150. The first-order valence-electron chi connectivity index (χ1n) is 0.707. The second-order valence-corrected chi connectivity index (χ2v) is 0.289. The number of hydrogen-bond donors (Lipinski definition) is 0. The van der Waals surface area contributed by atoms with E-state index in [4.69, 9.17) is 15.1 Å². The van der Waals surface area contributed by atoms with Crippen LogP contribution in [0, 0.1) is 0 Å². The molecule has 3 nitrogen and oxygen atoms in total. The fourth-order valence-corrected chi connectivity index (χ4v) is 0. The van der Waals surface area contributed by atoms with Gasteiger partial charge in [0.1, 0.15) is 0 Å². The second kappa shape index (κ2) is 15.7. The molecule has 0 aromatic heterocycles. The second-order valence-electron chi connectivity index (χ2n) is 0.289. The summed E-state index contributed by atoms with van der Waals surface area (Å²) in [5, 5.41) is 25.2. The molecule has 0 spiro atoms. The molecule has 0 fully saturated rings. The van der Waals surface area contributed by atoms with Crippen LogP contribution in [0.3, 0.4) is 0 Å². The summed E-state index contributed by atoms with van der Waals surface area (Å²) in [5.74, 6) is 0. The van der Waals surface area contributed by atoms with Crippen LogP contribution < -0.4 is 15.1 Å². The summed E-state index contributed by atoms with van der Waals surface area (Å²) in [6, 6.07) is 0. The van der Waals surface area contributed by atoms with Gasteiger partial charge in [-0.15, -0.1) is 0 Å². The first-order chi connectivity index (χ1) is 1.73. The molecule has 0 aromatic rings. The van der Waals surface area contributed by atoms with E-state index in [0.29, 0.717) is 0 Å². The summed E-state index contributed by atoms with van der Waals surface area (Å²) in [6.45, 7) is 0. The van der Waals surface area contributed by atoms with Crippen molar-refractivity contribution in [2.24, 2.45) is 0 Å². The molecule has 0 rings (SSSR count). The third kappa shape index (κ3) is 66.2. The molecule has 0 aromatic carbocycles. The first-order valence-corrected chi connectivity index (χ1v) is 0.707. The van der Waals surface area contributed by atoms with Gasteiger partial charge < -0.3 is 15.1 Å². The van der Waals surface area contributed by atoms with E-state index >= 15 is 0 Å². The fourth-order valence-electron chi connectivity index (χ4n) is 0. The van der Waals surface area contributed by atoms with E-state index in [-0.39, 0.29) is 67.1 Å². The summed E-state index contributed by atoms with van der Waals surface area (Å²) < 4.78 is 0. The molecule has 0 amide bonds. The van der Waals surface area contributed by atoms with Crippen LogP contribution in [0.15, 0.2) is 0 Å². The Morgan fingerprint density at radius 1 is 0.714 bits per heavy atom. The molecule has 0 heterocycles. The van der Waals surface area contributed by atoms with Crippen molar-refractivity contribution in [3.8, 4) is 0 Å². The van der Waals surface area contributed by atoms with Crippen molar-refractivity contribution >= 4 is 7.32 Å². The molecule has 0 unspecified atom stereocenters. The largest absolute Gasteiger partial charge is 1.00 e. The predicted octanol–water partition coefficient (Wildman–Crippen LogP) is -3.96. The van der Waals surface area contributed by atoms with E-state index in [1.54, 1.807) is 0 Å². The molecule has 0 radical (unpaired) electrons. The maximum atomic E-state index is 8.42. The van der Waals surface area contributed by atoms with Gasteiger partial charge in [0.2, 0.25) is 0 Å². The van der Waals surface area contributed by atoms with Crippen molar-refractivity contribution in [2.45, 2.75) is 0 Å². The summed E-state index contributed by atoms with van der Waals surface area (Å²) in [4.78, 5) is 0. The third-order valence-corrected chi connectivity index (χ3v) is 0. The molecule has 0 atom stereocenters. The van der Waals surface area contributed by atoms with Crippen molar-refractivity contribution in [1.82, 2.24) is 0 Å². The molecular formula is Au3BO3. The van der Waals surface area contributed by atoms with Gasteiger partial charge in [-0.05, 0) is 0 Å². The van der Waals surface area contributed by atoms with Crippen LogP contribution in [-0.4, -0.2) is 7.32 Å². The predicted molar refractivity (Wildman–Crippen MR) is 5.75 cm³/mol. The summed E-state index contributed by atoms with van der Waals surface area (Å²) in [7, 11) is -2.92. The molecule has 0 bridgehead atoms. The summed E-state index contributed by atoms with van der Waals surface area (Å²) >= 11 is 0. The zero-order valence-corrected chi connectivity index (χ0v) is 9.21. The Kier molecular flexibility index (Phi) is 51.4. The molecule has 0 aliphatic rings. The maximum Gasteiger partial charge on any atom is 1.00 e. The van der Waals surface area contributed by atoms with Crippen LogP contribution in [0.2, 0.25) is 0 Å². The topological polar surface area (TPSA) is 69.2 Å². The molecule has 0 aliphatic carbocycles. The average Bonchev–Trinajstić information content (AvgIpc) is 0.811. The van der Waals surface area contributed by atoms with Crippen LogP contribution >= 0.6 is 0 Å². The van der Waals surface area contributed by atoms with Crippen LogP contribution in [0.4, 0.5) is 0 Å². The minimum absolute atomic E-state index is 0. The molecule has 0 aliphatic heterocycles. The molecule has 7 heteroatoms. The van der Waals surface area contributed by atoms with Gasteiger partial charge in [0.05, 0.1) is 0 Å². The molecule has 0 saturated carbocycles. The van der Waals surface area contributed by atoms with Gasteiger partial charge in [-0.25, -0.2) is 0 Å².